The van der Waals surface area contributed by atoms with Gasteiger partial charge in [0.15, 0.2) is 12.6 Å². The number of aliphatic hydroxyl groups excluding tert-OH is 6. The maximum atomic E-state index is 13.7. The normalized spacial score (nSPS) is 36.6. The highest BCUT2D eigenvalue weighted by Crippen LogP contribution is 2.49. The first-order valence-corrected chi connectivity index (χ1v) is 19.6. The quantitative estimate of drug-likeness (QED) is 0.115. The van der Waals surface area contributed by atoms with Crippen molar-refractivity contribution in [3.63, 3.8) is 0 Å². The van der Waals surface area contributed by atoms with Gasteiger partial charge in [-0.1, -0.05) is 55.7 Å². The Kier molecular flexibility index (Phi) is 17.5. The number of hydrogen-bond acceptors (Lipinski definition) is 12. The summed E-state index contributed by atoms with van der Waals surface area (Å²) in [7, 11) is 0. The van der Waals surface area contributed by atoms with Gasteiger partial charge >= 0.3 is 0 Å². The molecule has 308 valence electrons. The zero-order valence-electron chi connectivity index (χ0n) is 34.0. The highest BCUT2D eigenvalue weighted by Gasteiger charge is 2.50. The van der Waals surface area contributed by atoms with Gasteiger partial charge in [0.1, 0.15) is 48.2 Å². The SMILES string of the molecule is CC(C)=CC[C@@H](O)/C(C)=C/CC(=O)[C@@]1(C)CCC[C@H]1[C@@H](C)C(=O)C/C=C(\C)[C@H](CC=C(C)C)O[C@@H]1O[C@H](C)[C@H](O[C@@H]2O[C@@H](C)[C@H](O)[C@@H](O)[C@H]2O)[C@H](O)[C@H]1O. The predicted octanol–water partition coefficient (Wildman–Crippen LogP) is 4.38. The number of hydrogen-bond donors (Lipinski definition) is 6. The number of ketones is 2. The van der Waals surface area contributed by atoms with Gasteiger partial charge in [-0.2, -0.15) is 0 Å². The number of rotatable bonds is 17. The van der Waals surface area contributed by atoms with E-state index in [2.05, 4.69) is 0 Å². The molecule has 1 aliphatic carbocycles. The van der Waals surface area contributed by atoms with Gasteiger partial charge in [-0.05, 0) is 98.1 Å². The molecule has 3 aliphatic rings. The van der Waals surface area contributed by atoms with Crippen LogP contribution in [0.25, 0.3) is 0 Å². The van der Waals surface area contributed by atoms with Gasteiger partial charge in [-0.3, -0.25) is 9.59 Å². The summed E-state index contributed by atoms with van der Waals surface area (Å²) in [4.78, 5) is 27.3. The molecule has 2 aliphatic heterocycles. The molecule has 0 radical (unpaired) electrons. The summed E-state index contributed by atoms with van der Waals surface area (Å²) in [5.74, 6) is -0.355. The van der Waals surface area contributed by atoms with Gasteiger partial charge in [0, 0.05) is 24.2 Å². The molecule has 0 bridgehead atoms. The van der Waals surface area contributed by atoms with Crippen LogP contribution in [0.5, 0.6) is 0 Å². The van der Waals surface area contributed by atoms with Crippen LogP contribution < -0.4 is 0 Å². The summed E-state index contributed by atoms with van der Waals surface area (Å²) >= 11 is 0. The monoisotopic (exact) mass is 764 g/mol. The molecule has 0 aromatic heterocycles. The first-order chi connectivity index (χ1) is 25.2. The Morgan fingerprint density at radius 3 is 1.96 bits per heavy atom. The predicted molar refractivity (Wildman–Crippen MR) is 204 cm³/mol. The van der Waals surface area contributed by atoms with E-state index >= 15 is 0 Å². The number of aliphatic hydroxyl groups is 6. The second-order valence-corrected chi connectivity index (χ2v) is 16.5. The minimum Gasteiger partial charge on any atom is -0.388 e. The minimum absolute atomic E-state index is 0.0159. The third-order valence-corrected chi connectivity index (χ3v) is 11.7. The first-order valence-electron chi connectivity index (χ1n) is 19.6. The molecule has 2 heterocycles. The maximum absolute atomic E-state index is 13.7. The molecular formula is C42H68O12. The Hall–Kier alpha value is -2.10. The van der Waals surface area contributed by atoms with Crippen molar-refractivity contribution >= 4 is 11.6 Å². The molecule has 6 N–H and O–H groups in total. The highest BCUT2D eigenvalue weighted by molar-refractivity contribution is 5.88. The van der Waals surface area contributed by atoms with Crippen molar-refractivity contribution in [2.24, 2.45) is 17.3 Å². The van der Waals surface area contributed by atoms with Gasteiger partial charge < -0.3 is 49.6 Å². The summed E-state index contributed by atoms with van der Waals surface area (Å²) in [6.45, 7) is 18.5. The van der Waals surface area contributed by atoms with Gasteiger partial charge in [0.05, 0.1) is 24.4 Å². The van der Waals surface area contributed by atoms with Crippen LogP contribution in [0.1, 0.15) is 114 Å². The topological polar surface area (TPSA) is 192 Å². The van der Waals surface area contributed by atoms with Crippen LogP contribution in [-0.2, 0) is 28.5 Å². The van der Waals surface area contributed by atoms with Crippen molar-refractivity contribution in [3.8, 4) is 0 Å². The third kappa shape index (κ3) is 11.7. The number of carbonyl (C=O) groups is 2. The molecule has 54 heavy (non-hydrogen) atoms. The van der Waals surface area contributed by atoms with Crippen LogP contribution in [0.15, 0.2) is 46.6 Å². The number of carbonyl (C=O) groups excluding carboxylic acids is 2. The summed E-state index contributed by atoms with van der Waals surface area (Å²) in [6, 6.07) is 0. The van der Waals surface area contributed by atoms with Crippen LogP contribution in [0, 0.1) is 17.3 Å². The molecular weight excluding hydrogens is 696 g/mol. The van der Waals surface area contributed by atoms with Crippen LogP contribution in [0.2, 0.25) is 0 Å². The molecule has 15 atom stereocenters. The Morgan fingerprint density at radius 1 is 0.759 bits per heavy atom. The van der Waals surface area contributed by atoms with Crippen LogP contribution >= 0.6 is 0 Å². The summed E-state index contributed by atoms with van der Waals surface area (Å²) in [5.41, 5.74) is 3.03. The average molecular weight is 765 g/mol. The molecule has 12 heteroatoms. The van der Waals surface area contributed by atoms with Crippen molar-refractivity contribution in [1.29, 1.82) is 0 Å². The van der Waals surface area contributed by atoms with Crippen molar-refractivity contribution in [3.05, 3.63) is 46.6 Å². The molecule has 1 saturated carbocycles. The van der Waals surface area contributed by atoms with E-state index in [4.69, 9.17) is 18.9 Å². The second kappa shape index (κ2) is 20.4. The van der Waals surface area contributed by atoms with Gasteiger partial charge in [-0.15, -0.1) is 0 Å². The average Bonchev–Trinajstić information content (AvgIpc) is 3.53. The molecule has 0 amide bonds. The lowest BCUT2D eigenvalue weighted by Gasteiger charge is -2.45. The summed E-state index contributed by atoms with van der Waals surface area (Å²) in [6.07, 6.45) is -3.05. The zero-order chi connectivity index (χ0) is 40.7. The van der Waals surface area contributed by atoms with E-state index in [1.54, 1.807) is 6.92 Å². The van der Waals surface area contributed by atoms with E-state index in [1.165, 1.54) is 6.92 Å². The van der Waals surface area contributed by atoms with E-state index < -0.39 is 79.0 Å². The molecule has 0 aromatic carbocycles. The highest BCUT2D eigenvalue weighted by atomic mass is 16.7. The van der Waals surface area contributed by atoms with Crippen molar-refractivity contribution in [2.75, 3.05) is 0 Å². The van der Waals surface area contributed by atoms with Crippen molar-refractivity contribution in [1.82, 2.24) is 0 Å². The molecule has 3 fully saturated rings. The van der Waals surface area contributed by atoms with Gasteiger partial charge in [0.2, 0.25) is 0 Å². The van der Waals surface area contributed by atoms with E-state index in [0.29, 0.717) is 19.3 Å². The molecule has 2 saturated heterocycles. The smallest absolute Gasteiger partial charge is 0.187 e. The molecule has 12 nitrogen and oxygen atoms in total. The number of allylic oxidation sites excluding steroid dienone is 4. The maximum Gasteiger partial charge on any atom is 0.187 e. The lowest BCUT2D eigenvalue weighted by Crippen LogP contribution is -2.63. The van der Waals surface area contributed by atoms with E-state index in [9.17, 15) is 40.2 Å². The first kappa shape index (κ1) is 46.3. The Morgan fingerprint density at radius 2 is 1.33 bits per heavy atom. The fourth-order valence-electron chi connectivity index (χ4n) is 7.74. The van der Waals surface area contributed by atoms with Gasteiger partial charge in [0.25, 0.3) is 0 Å². The van der Waals surface area contributed by atoms with Crippen LogP contribution in [-0.4, -0.2) is 116 Å². The van der Waals surface area contributed by atoms with E-state index in [0.717, 1.165) is 35.1 Å². The Labute approximate surface area is 321 Å². The fourth-order valence-corrected chi connectivity index (χ4v) is 7.74. The molecule has 0 aromatic rings. The van der Waals surface area contributed by atoms with E-state index in [-0.39, 0.29) is 36.2 Å². The van der Waals surface area contributed by atoms with E-state index in [1.807, 2.05) is 79.7 Å². The number of ether oxygens (including phenoxy) is 4. The molecule has 0 spiro atoms. The Balaban J connectivity index is 1.68. The zero-order valence-corrected chi connectivity index (χ0v) is 34.0. The fraction of sp³-hybridized carbons (Fsp3) is 0.762. The second-order valence-electron chi connectivity index (χ2n) is 16.5. The lowest BCUT2D eigenvalue weighted by atomic mass is 9.68. The Bertz CT molecular complexity index is 1380. The van der Waals surface area contributed by atoms with Crippen LogP contribution in [0.3, 0.4) is 0 Å². The number of Topliss-reactive ketones (excluding diaryl/α,β-unsaturated/α-hetero) is 2. The van der Waals surface area contributed by atoms with Crippen molar-refractivity contribution < 1.29 is 59.2 Å². The minimum atomic E-state index is -1.60. The summed E-state index contributed by atoms with van der Waals surface area (Å²) < 4.78 is 23.6. The lowest BCUT2D eigenvalue weighted by molar-refractivity contribution is -0.354. The third-order valence-electron chi connectivity index (χ3n) is 11.7. The summed E-state index contributed by atoms with van der Waals surface area (Å²) in [5, 5.41) is 63.3. The van der Waals surface area contributed by atoms with Crippen LogP contribution in [0.4, 0.5) is 0 Å². The standard InChI is InChI=1S/C42H68O12/c1-22(2)13-17-30(43)24(5)16-20-33(45)42(10)21-11-12-29(42)26(7)31(44)18-15-25(6)32(19-14-23(3)4)53-40-38(50)36(48)39(28(9)52-40)54-41-37(49)35(47)34(46)27(8)51-41/h13-16,26-30,32,34-41,43,46-50H,11-12,17-21H2,1-10H3/b24-16+,25-15+/t26-,27+,28-,29+,30-,32+,34+,35-,36-,37-,38-,39+,40+,41+,42+/m1/s1. The largest absolute Gasteiger partial charge is 0.388 e. The van der Waals surface area contributed by atoms with Crippen molar-refractivity contribution in [2.45, 2.75) is 188 Å². The molecule has 0 unspecified atom stereocenters. The molecule has 3 rings (SSSR count). The van der Waals surface area contributed by atoms with Gasteiger partial charge in [-0.25, -0.2) is 0 Å².